The first-order chi connectivity index (χ1) is 10.9. The molecule has 3 rings (SSSR count). The highest BCUT2D eigenvalue weighted by Crippen LogP contribution is 2.22. The third kappa shape index (κ3) is 2.58. The van der Waals surface area contributed by atoms with Gasteiger partial charge in [0.25, 0.3) is 5.56 Å². The van der Waals surface area contributed by atoms with Gasteiger partial charge in [-0.05, 0) is 24.3 Å². The maximum absolute atomic E-state index is 12.0. The molecule has 1 unspecified atom stereocenters. The Morgan fingerprint density at radius 3 is 2.43 bits per heavy atom. The van der Waals surface area contributed by atoms with Gasteiger partial charge >= 0.3 is 5.69 Å². The van der Waals surface area contributed by atoms with Gasteiger partial charge in [0.05, 0.1) is 0 Å². The van der Waals surface area contributed by atoms with Gasteiger partial charge in [0.1, 0.15) is 5.82 Å². The van der Waals surface area contributed by atoms with Crippen molar-refractivity contribution in [2.45, 2.75) is 0 Å². The molecule has 2 aromatic heterocycles. The summed E-state index contributed by atoms with van der Waals surface area (Å²) in [5, 5.41) is 0. The van der Waals surface area contributed by atoms with Crippen molar-refractivity contribution in [1.29, 1.82) is 0 Å². The fraction of sp³-hybridized carbons (Fsp3) is 0.154. The van der Waals surface area contributed by atoms with E-state index in [0.29, 0.717) is 17.1 Å². The van der Waals surface area contributed by atoms with Gasteiger partial charge in [0.2, 0.25) is 0 Å². The van der Waals surface area contributed by atoms with E-state index < -0.39 is 22.5 Å². The van der Waals surface area contributed by atoms with Gasteiger partial charge in [-0.1, -0.05) is 0 Å². The van der Waals surface area contributed by atoms with E-state index in [9.17, 15) is 18.4 Å². The lowest BCUT2D eigenvalue weighted by Crippen LogP contribution is -2.29. The number of aromatic nitrogens is 4. The third-order valence-electron chi connectivity index (χ3n) is 3.48. The largest absolute Gasteiger partial charge is 0.755 e. The molecule has 0 saturated heterocycles. The molecule has 1 aromatic carbocycles. The van der Waals surface area contributed by atoms with E-state index in [2.05, 4.69) is 14.7 Å². The predicted molar refractivity (Wildman–Crippen MR) is 84.6 cm³/mol. The Hall–Kier alpha value is -2.72. The van der Waals surface area contributed by atoms with Gasteiger partial charge < -0.3 is 13.8 Å². The fourth-order valence-corrected chi connectivity index (χ4v) is 2.68. The van der Waals surface area contributed by atoms with E-state index in [1.807, 2.05) is 0 Å². The van der Waals surface area contributed by atoms with Crippen LogP contribution in [0, 0.1) is 0 Å². The summed E-state index contributed by atoms with van der Waals surface area (Å²) in [5.74, 6) is 0.487. The van der Waals surface area contributed by atoms with Gasteiger partial charge in [-0.25, -0.2) is 9.78 Å². The number of rotatable bonds is 3. The lowest BCUT2D eigenvalue weighted by Gasteiger charge is -2.09. The molecule has 120 valence electrons. The van der Waals surface area contributed by atoms with Crippen molar-refractivity contribution in [3.63, 3.8) is 0 Å². The Kier molecular flexibility index (Phi) is 3.62. The summed E-state index contributed by atoms with van der Waals surface area (Å²) < 4.78 is 26.3. The second-order valence-electron chi connectivity index (χ2n) is 4.90. The van der Waals surface area contributed by atoms with Crippen molar-refractivity contribution in [3.05, 3.63) is 45.1 Å². The number of fused-ring (bicyclic) bond motifs is 1. The van der Waals surface area contributed by atoms with Crippen molar-refractivity contribution >= 4 is 28.1 Å². The molecular formula is C13H12N5O4S-. The van der Waals surface area contributed by atoms with Gasteiger partial charge in [-0.2, -0.15) is 0 Å². The van der Waals surface area contributed by atoms with E-state index in [-0.39, 0.29) is 11.2 Å². The Morgan fingerprint density at radius 1 is 1.17 bits per heavy atom. The van der Waals surface area contributed by atoms with Crippen molar-refractivity contribution in [1.82, 2.24) is 19.1 Å². The molecule has 0 aliphatic rings. The molecule has 10 heteroatoms. The van der Waals surface area contributed by atoms with Gasteiger partial charge in [-0.15, -0.1) is 0 Å². The Bertz CT molecular complexity index is 1030. The van der Waals surface area contributed by atoms with Crippen LogP contribution >= 0.6 is 0 Å². The highest BCUT2D eigenvalue weighted by atomic mass is 32.2. The zero-order chi connectivity index (χ0) is 16.7. The van der Waals surface area contributed by atoms with Crippen LogP contribution in [0.25, 0.3) is 22.6 Å². The quantitative estimate of drug-likeness (QED) is 0.644. The Morgan fingerprint density at radius 2 is 1.83 bits per heavy atom. The van der Waals surface area contributed by atoms with Gasteiger partial charge in [-0.3, -0.25) is 18.6 Å². The van der Waals surface area contributed by atoms with Crippen LogP contribution in [0.5, 0.6) is 0 Å². The second-order valence-corrected chi connectivity index (χ2v) is 5.57. The zero-order valence-corrected chi connectivity index (χ0v) is 13.0. The van der Waals surface area contributed by atoms with Gasteiger partial charge in [0.15, 0.2) is 11.2 Å². The first-order valence-electron chi connectivity index (χ1n) is 6.50. The average Bonchev–Trinajstić information content (AvgIpc) is 2.83. The highest BCUT2D eigenvalue weighted by molar-refractivity contribution is 7.80. The summed E-state index contributed by atoms with van der Waals surface area (Å²) in [5.41, 5.74) is 0.599. The molecule has 0 amide bonds. The smallest absolute Gasteiger partial charge is 0.329 e. The maximum atomic E-state index is 12.0. The number of nitrogens with one attached hydrogen (secondary N) is 2. The topological polar surface area (TPSA) is 125 Å². The molecular weight excluding hydrogens is 322 g/mol. The average molecular weight is 334 g/mol. The van der Waals surface area contributed by atoms with Crippen molar-refractivity contribution < 1.29 is 8.76 Å². The number of H-pyrrole nitrogens is 1. The highest BCUT2D eigenvalue weighted by Gasteiger charge is 2.15. The molecule has 2 N–H and O–H groups in total. The number of hydrogen-bond acceptors (Lipinski definition) is 5. The van der Waals surface area contributed by atoms with E-state index in [1.165, 1.54) is 11.6 Å². The second kappa shape index (κ2) is 5.48. The van der Waals surface area contributed by atoms with Crippen molar-refractivity contribution in [3.8, 4) is 11.4 Å². The maximum Gasteiger partial charge on any atom is 0.329 e. The SMILES string of the molecule is Cn1c(-c2ccc(NS(=O)[O-])cc2)nc2c1c(=O)[nH]c(=O)n2C. The number of nitrogens with zero attached hydrogens (tertiary/aromatic N) is 3. The summed E-state index contributed by atoms with van der Waals surface area (Å²) in [4.78, 5) is 30.2. The summed E-state index contributed by atoms with van der Waals surface area (Å²) in [6.45, 7) is 0. The number of hydrogen-bond donors (Lipinski definition) is 2. The Labute approximate surface area is 132 Å². The minimum absolute atomic E-state index is 0.277. The van der Waals surface area contributed by atoms with Crippen LogP contribution in [0.15, 0.2) is 33.9 Å². The van der Waals surface area contributed by atoms with E-state index in [1.54, 1.807) is 35.9 Å². The molecule has 1 atom stereocenters. The minimum Gasteiger partial charge on any atom is -0.755 e. The predicted octanol–water partition coefficient (Wildman–Crippen LogP) is -0.167. The molecule has 0 bridgehead atoms. The number of benzene rings is 1. The molecule has 0 spiro atoms. The monoisotopic (exact) mass is 334 g/mol. The fourth-order valence-electron chi connectivity index (χ4n) is 2.35. The summed E-state index contributed by atoms with van der Waals surface area (Å²) in [6, 6.07) is 6.49. The van der Waals surface area contributed by atoms with Crippen LogP contribution in [0.1, 0.15) is 0 Å². The lowest BCUT2D eigenvalue weighted by atomic mass is 10.2. The first kappa shape index (κ1) is 15.2. The van der Waals surface area contributed by atoms with Crippen LogP contribution in [-0.4, -0.2) is 27.9 Å². The van der Waals surface area contributed by atoms with Crippen molar-refractivity contribution in [2.24, 2.45) is 14.1 Å². The number of imidazole rings is 1. The van der Waals surface area contributed by atoms with Crippen LogP contribution in [0.4, 0.5) is 5.69 Å². The summed E-state index contributed by atoms with van der Waals surface area (Å²) in [6.07, 6.45) is 0. The standard InChI is InChI=1S/C13H13N5O4S/c1-17-9-11(18(2)13(20)15-12(9)19)14-10(17)7-3-5-8(6-4-7)16-23(21)22/h3-6,16H,1-2H3,(H,21,22)(H,15,19,20)/p-1. The first-order valence-corrected chi connectivity index (χ1v) is 7.58. The Balaban J connectivity index is 2.17. The van der Waals surface area contributed by atoms with Crippen molar-refractivity contribution in [2.75, 3.05) is 4.72 Å². The van der Waals surface area contributed by atoms with E-state index in [0.717, 1.165) is 0 Å². The molecule has 0 saturated carbocycles. The van der Waals surface area contributed by atoms with Gasteiger partial charge in [0, 0.05) is 36.6 Å². The van der Waals surface area contributed by atoms with E-state index >= 15 is 0 Å². The third-order valence-corrected chi connectivity index (χ3v) is 3.88. The van der Waals surface area contributed by atoms with Crippen LogP contribution in [-0.2, 0) is 25.4 Å². The van der Waals surface area contributed by atoms with Crippen LogP contribution in [0.2, 0.25) is 0 Å². The van der Waals surface area contributed by atoms with Crippen LogP contribution < -0.4 is 16.0 Å². The molecule has 0 radical (unpaired) electrons. The summed E-state index contributed by atoms with van der Waals surface area (Å²) >= 11 is -2.40. The summed E-state index contributed by atoms with van der Waals surface area (Å²) in [7, 11) is 3.19. The molecule has 0 fully saturated rings. The van der Waals surface area contributed by atoms with E-state index in [4.69, 9.17) is 0 Å². The molecule has 9 nitrogen and oxygen atoms in total. The number of anilines is 1. The normalized spacial score (nSPS) is 12.5. The zero-order valence-electron chi connectivity index (χ0n) is 12.2. The number of aromatic amines is 1. The molecule has 3 aromatic rings. The molecule has 23 heavy (non-hydrogen) atoms. The van der Waals surface area contributed by atoms with Crippen LogP contribution in [0.3, 0.4) is 0 Å². The minimum atomic E-state index is -2.40. The molecule has 2 heterocycles. The number of aryl methyl sites for hydroxylation is 2. The lowest BCUT2D eigenvalue weighted by molar-refractivity contribution is 0.542. The molecule has 0 aliphatic heterocycles. The molecule has 0 aliphatic carbocycles.